The molecule has 23 heavy (non-hydrogen) atoms. The second-order valence-electron chi connectivity index (χ2n) is 6.14. The first kappa shape index (κ1) is 17.8. The van der Waals surface area contributed by atoms with Crippen molar-refractivity contribution >= 4 is 29.3 Å². The molecule has 126 valence electrons. The molecule has 6 heteroatoms. The van der Waals surface area contributed by atoms with E-state index in [2.05, 4.69) is 16.0 Å². The smallest absolute Gasteiger partial charge is 0.251 e. The van der Waals surface area contributed by atoms with Gasteiger partial charge in [0.2, 0.25) is 5.91 Å². The third kappa shape index (κ3) is 5.55. The molecule has 3 N–H and O–H groups in total. The first-order valence-corrected chi connectivity index (χ1v) is 9.13. The van der Waals surface area contributed by atoms with Gasteiger partial charge in [-0.15, -0.1) is 0 Å². The minimum atomic E-state index is -0.0844. The zero-order valence-corrected chi connectivity index (χ0v) is 14.8. The molecule has 1 fully saturated rings. The zero-order valence-electron chi connectivity index (χ0n) is 13.9. The van der Waals surface area contributed by atoms with Crippen LogP contribution in [0.5, 0.6) is 0 Å². The number of hydrogen-bond acceptors (Lipinski definition) is 4. The normalized spacial score (nSPS) is 17.8. The SMILES string of the molecule is Cc1cc(NC(=O)CC2CSCCN2)ccc1C(=O)NC(C)C. The Bertz CT molecular complexity index is 569. The summed E-state index contributed by atoms with van der Waals surface area (Å²) in [7, 11) is 0. The molecule has 1 heterocycles. The van der Waals surface area contributed by atoms with Gasteiger partial charge in [-0.05, 0) is 44.5 Å². The fourth-order valence-corrected chi connectivity index (χ4v) is 3.47. The van der Waals surface area contributed by atoms with Crippen LogP contribution in [0.1, 0.15) is 36.2 Å². The van der Waals surface area contributed by atoms with Gasteiger partial charge < -0.3 is 16.0 Å². The van der Waals surface area contributed by atoms with E-state index in [-0.39, 0.29) is 23.9 Å². The molecule has 0 bridgehead atoms. The molecule has 1 aliphatic rings. The molecule has 1 aliphatic heterocycles. The maximum absolute atomic E-state index is 12.1. The van der Waals surface area contributed by atoms with Crippen molar-refractivity contribution in [3.63, 3.8) is 0 Å². The number of hydrogen-bond donors (Lipinski definition) is 3. The summed E-state index contributed by atoms with van der Waals surface area (Å²) in [5.74, 6) is 2.00. The number of nitrogens with one attached hydrogen (secondary N) is 3. The van der Waals surface area contributed by atoms with Crippen LogP contribution in [-0.4, -0.2) is 41.9 Å². The van der Waals surface area contributed by atoms with Crippen LogP contribution in [0, 0.1) is 6.92 Å². The van der Waals surface area contributed by atoms with Crippen molar-refractivity contribution < 1.29 is 9.59 Å². The Morgan fingerprint density at radius 3 is 2.78 bits per heavy atom. The van der Waals surface area contributed by atoms with Gasteiger partial charge in [0.25, 0.3) is 5.91 Å². The van der Waals surface area contributed by atoms with Crippen LogP contribution in [0.3, 0.4) is 0 Å². The fourth-order valence-electron chi connectivity index (χ4n) is 2.52. The Morgan fingerprint density at radius 1 is 1.39 bits per heavy atom. The van der Waals surface area contributed by atoms with Gasteiger partial charge in [0.05, 0.1) is 0 Å². The summed E-state index contributed by atoms with van der Waals surface area (Å²) in [6, 6.07) is 5.73. The summed E-state index contributed by atoms with van der Waals surface area (Å²) >= 11 is 1.88. The summed E-state index contributed by atoms with van der Waals surface area (Å²) in [5, 5.41) is 9.15. The minimum absolute atomic E-state index is 0.00350. The number of rotatable bonds is 5. The molecule has 0 saturated carbocycles. The molecule has 1 aromatic carbocycles. The van der Waals surface area contributed by atoms with Gasteiger partial charge in [-0.25, -0.2) is 0 Å². The van der Waals surface area contributed by atoms with E-state index in [0.29, 0.717) is 12.0 Å². The fraction of sp³-hybridized carbons (Fsp3) is 0.529. The van der Waals surface area contributed by atoms with Crippen LogP contribution in [-0.2, 0) is 4.79 Å². The maximum atomic E-state index is 12.1. The topological polar surface area (TPSA) is 70.2 Å². The van der Waals surface area contributed by atoms with Crippen LogP contribution in [0.2, 0.25) is 0 Å². The number of anilines is 1. The lowest BCUT2D eigenvalue weighted by molar-refractivity contribution is -0.116. The second kappa shape index (κ2) is 8.36. The summed E-state index contributed by atoms with van der Waals surface area (Å²) < 4.78 is 0. The highest BCUT2D eigenvalue weighted by Crippen LogP contribution is 2.17. The van der Waals surface area contributed by atoms with Gasteiger partial charge in [-0.3, -0.25) is 9.59 Å². The molecule has 1 unspecified atom stereocenters. The molecule has 0 aromatic heterocycles. The Morgan fingerprint density at radius 2 is 2.17 bits per heavy atom. The lowest BCUT2D eigenvalue weighted by Crippen LogP contribution is -2.39. The minimum Gasteiger partial charge on any atom is -0.350 e. The number of aryl methyl sites for hydroxylation is 1. The maximum Gasteiger partial charge on any atom is 0.251 e. The molecule has 1 atom stereocenters. The van der Waals surface area contributed by atoms with Crippen molar-refractivity contribution in [3.05, 3.63) is 29.3 Å². The van der Waals surface area contributed by atoms with E-state index in [1.807, 2.05) is 38.6 Å². The molecule has 2 rings (SSSR count). The number of amides is 2. The standard InChI is InChI=1S/C17H25N3O2S/c1-11(2)19-17(22)15-5-4-13(8-12(15)3)20-16(21)9-14-10-23-7-6-18-14/h4-5,8,11,14,18H,6-7,9-10H2,1-3H3,(H,19,22)(H,20,21). The highest BCUT2D eigenvalue weighted by Gasteiger charge is 2.17. The Hall–Kier alpha value is -1.53. The lowest BCUT2D eigenvalue weighted by Gasteiger charge is -2.22. The summed E-state index contributed by atoms with van der Waals surface area (Å²) in [6.45, 7) is 6.70. The Kier molecular flexibility index (Phi) is 6.47. The molecular formula is C17H25N3O2S. The molecular weight excluding hydrogens is 310 g/mol. The number of benzene rings is 1. The second-order valence-corrected chi connectivity index (χ2v) is 7.29. The van der Waals surface area contributed by atoms with E-state index in [0.717, 1.165) is 29.3 Å². The van der Waals surface area contributed by atoms with Crippen molar-refractivity contribution in [2.75, 3.05) is 23.4 Å². The Balaban J connectivity index is 1.94. The molecule has 0 spiro atoms. The largest absolute Gasteiger partial charge is 0.350 e. The third-order valence-electron chi connectivity index (χ3n) is 3.60. The Labute approximate surface area is 142 Å². The summed E-state index contributed by atoms with van der Waals surface area (Å²) in [6.07, 6.45) is 0.474. The van der Waals surface area contributed by atoms with Crippen LogP contribution in [0.4, 0.5) is 5.69 Å². The van der Waals surface area contributed by atoms with Gasteiger partial charge in [-0.2, -0.15) is 11.8 Å². The monoisotopic (exact) mass is 335 g/mol. The number of carbonyl (C=O) groups excluding carboxylic acids is 2. The average molecular weight is 335 g/mol. The van der Waals surface area contributed by atoms with Gasteiger partial charge >= 0.3 is 0 Å². The molecule has 0 radical (unpaired) electrons. The average Bonchev–Trinajstić information content (AvgIpc) is 2.47. The quantitative estimate of drug-likeness (QED) is 0.771. The van der Waals surface area contributed by atoms with Gasteiger partial charge in [0.15, 0.2) is 0 Å². The lowest BCUT2D eigenvalue weighted by atomic mass is 10.1. The highest BCUT2D eigenvalue weighted by molar-refractivity contribution is 7.99. The van der Waals surface area contributed by atoms with Crippen molar-refractivity contribution in [2.24, 2.45) is 0 Å². The van der Waals surface area contributed by atoms with Gasteiger partial charge in [-0.1, -0.05) is 0 Å². The number of carbonyl (C=O) groups is 2. The van der Waals surface area contributed by atoms with Crippen LogP contribution >= 0.6 is 11.8 Å². The first-order valence-electron chi connectivity index (χ1n) is 7.98. The van der Waals surface area contributed by atoms with Crippen LogP contribution in [0.15, 0.2) is 18.2 Å². The zero-order chi connectivity index (χ0) is 16.8. The van der Waals surface area contributed by atoms with Crippen molar-refractivity contribution in [1.82, 2.24) is 10.6 Å². The first-order chi connectivity index (χ1) is 11.0. The highest BCUT2D eigenvalue weighted by atomic mass is 32.2. The molecule has 1 saturated heterocycles. The van der Waals surface area contributed by atoms with E-state index >= 15 is 0 Å². The molecule has 2 amide bonds. The van der Waals surface area contributed by atoms with Crippen molar-refractivity contribution in [2.45, 2.75) is 39.3 Å². The van der Waals surface area contributed by atoms with Gasteiger partial charge in [0.1, 0.15) is 0 Å². The number of thioether (sulfide) groups is 1. The van der Waals surface area contributed by atoms with E-state index in [1.54, 1.807) is 12.1 Å². The molecule has 5 nitrogen and oxygen atoms in total. The van der Waals surface area contributed by atoms with E-state index in [4.69, 9.17) is 0 Å². The molecule has 1 aromatic rings. The van der Waals surface area contributed by atoms with E-state index < -0.39 is 0 Å². The molecule has 0 aliphatic carbocycles. The van der Waals surface area contributed by atoms with E-state index in [1.165, 1.54) is 0 Å². The van der Waals surface area contributed by atoms with Crippen LogP contribution in [0.25, 0.3) is 0 Å². The summed E-state index contributed by atoms with van der Waals surface area (Å²) in [5.41, 5.74) is 2.23. The predicted octanol–water partition coefficient (Wildman–Crippen LogP) is 2.17. The predicted molar refractivity (Wildman–Crippen MR) is 96.1 cm³/mol. The van der Waals surface area contributed by atoms with E-state index in [9.17, 15) is 9.59 Å². The van der Waals surface area contributed by atoms with Crippen LogP contribution < -0.4 is 16.0 Å². The van der Waals surface area contributed by atoms with Crippen molar-refractivity contribution in [1.29, 1.82) is 0 Å². The third-order valence-corrected chi connectivity index (χ3v) is 4.74. The summed E-state index contributed by atoms with van der Waals surface area (Å²) in [4.78, 5) is 24.2. The van der Waals surface area contributed by atoms with Crippen molar-refractivity contribution in [3.8, 4) is 0 Å². The van der Waals surface area contributed by atoms with Gasteiger partial charge in [0, 0.05) is 47.8 Å².